The molecule has 0 aliphatic carbocycles. The molecule has 1 fully saturated rings. The van der Waals surface area contributed by atoms with Crippen molar-refractivity contribution in [3.63, 3.8) is 0 Å². The molecule has 7 nitrogen and oxygen atoms in total. The molecule has 0 spiro atoms. The van der Waals surface area contributed by atoms with Gasteiger partial charge in [-0.05, 0) is 26.3 Å². The maximum atomic E-state index is 9.00. The predicted molar refractivity (Wildman–Crippen MR) is 85.1 cm³/mol. The minimum atomic E-state index is -0.134. The number of rotatable bonds is 4. The van der Waals surface area contributed by atoms with Crippen molar-refractivity contribution in [2.45, 2.75) is 26.4 Å². The largest absolute Gasteiger partial charge is 0.370 e. The standard InChI is InChI=1S/C15H17ClN6O/c1-8-11(6-17)5-12(16)14(19-8)18-7-10-3-4-23-13(10)15-20-9(2)21-22-15/h5,10,13H,3-4,7H2,1-2H3,(H,18,19)(H,20,21,22)/t10-,13-/m0/s1. The number of hydrogen-bond donors (Lipinski definition) is 2. The molecule has 2 aromatic heterocycles. The van der Waals surface area contributed by atoms with E-state index in [1.54, 1.807) is 13.0 Å². The Morgan fingerprint density at radius 1 is 1.48 bits per heavy atom. The first-order valence-electron chi connectivity index (χ1n) is 7.40. The van der Waals surface area contributed by atoms with Crippen molar-refractivity contribution < 1.29 is 4.74 Å². The molecule has 2 aromatic rings. The number of nitrogens with one attached hydrogen (secondary N) is 2. The Morgan fingerprint density at radius 2 is 2.30 bits per heavy atom. The minimum absolute atomic E-state index is 0.134. The lowest BCUT2D eigenvalue weighted by Gasteiger charge is -2.17. The van der Waals surface area contributed by atoms with E-state index in [-0.39, 0.29) is 12.0 Å². The van der Waals surface area contributed by atoms with Gasteiger partial charge in [-0.15, -0.1) is 0 Å². The van der Waals surface area contributed by atoms with Gasteiger partial charge in [0.2, 0.25) is 0 Å². The highest BCUT2D eigenvalue weighted by molar-refractivity contribution is 6.33. The van der Waals surface area contributed by atoms with Crippen LogP contribution in [0.25, 0.3) is 0 Å². The molecule has 1 aliphatic rings. The number of ether oxygens (including phenoxy) is 1. The molecule has 8 heteroatoms. The van der Waals surface area contributed by atoms with E-state index >= 15 is 0 Å². The molecule has 120 valence electrons. The van der Waals surface area contributed by atoms with E-state index in [4.69, 9.17) is 21.6 Å². The fraction of sp³-hybridized carbons (Fsp3) is 0.467. The number of aryl methyl sites for hydroxylation is 2. The zero-order chi connectivity index (χ0) is 16.4. The van der Waals surface area contributed by atoms with Crippen molar-refractivity contribution in [3.8, 4) is 6.07 Å². The van der Waals surface area contributed by atoms with E-state index in [9.17, 15) is 0 Å². The van der Waals surface area contributed by atoms with Crippen LogP contribution in [0.1, 0.15) is 35.4 Å². The van der Waals surface area contributed by atoms with Crippen molar-refractivity contribution in [1.82, 2.24) is 20.2 Å². The molecule has 0 saturated carbocycles. The van der Waals surface area contributed by atoms with Crippen LogP contribution in [0.5, 0.6) is 0 Å². The molecule has 0 amide bonds. The Bertz CT molecular complexity index is 753. The molecule has 3 rings (SSSR count). The van der Waals surface area contributed by atoms with Crippen LogP contribution < -0.4 is 5.32 Å². The van der Waals surface area contributed by atoms with E-state index in [0.29, 0.717) is 41.1 Å². The molecular weight excluding hydrogens is 316 g/mol. The number of anilines is 1. The zero-order valence-electron chi connectivity index (χ0n) is 12.9. The van der Waals surface area contributed by atoms with E-state index in [1.807, 2.05) is 6.92 Å². The fourth-order valence-corrected chi connectivity index (χ4v) is 2.88. The summed E-state index contributed by atoms with van der Waals surface area (Å²) in [7, 11) is 0. The number of H-pyrrole nitrogens is 1. The van der Waals surface area contributed by atoms with Gasteiger partial charge in [0.15, 0.2) is 5.82 Å². The molecular formula is C15H17ClN6O. The molecule has 2 N–H and O–H groups in total. The second-order valence-corrected chi connectivity index (χ2v) is 5.97. The number of halogens is 1. The number of pyridine rings is 1. The fourth-order valence-electron chi connectivity index (χ4n) is 2.66. The molecule has 0 aromatic carbocycles. The lowest BCUT2D eigenvalue weighted by Crippen LogP contribution is -2.19. The normalized spacial score (nSPS) is 20.4. The molecule has 23 heavy (non-hydrogen) atoms. The van der Waals surface area contributed by atoms with Crippen molar-refractivity contribution in [1.29, 1.82) is 5.26 Å². The Hall–Kier alpha value is -2.17. The quantitative estimate of drug-likeness (QED) is 0.892. The number of nitriles is 1. The van der Waals surface area contributed by atoms with Crippen LogP contribution in [0.4, 0.5) is 5.82 Å². The van der Waals surface area contributed by atoms with E-state index in [1.165, 1.54) is 0 Å². The molecule has 1 saturated heterocycles. The van der Waals surface area contributed by atoms with Crippen molar-refractivity contribution >= 4 is 17.4 Å². The van der Waals surface area contributed by atoms with Gasteiger partial charge >= 0.3 is 0 Å². The summed E-state index contributed by atoms with van der Waals surface area (Å²) in [6, 6.07) is 3.71. The minimum Gasteiger partial charge on any atom is -0.370 e. The van der Waals surface area contributed by atoms with Crippen molar-refractivity contribution in [3.05, 3.63) is 34.0 Å². The summed E-state index contributed by atoms with van der Waals surface area (Å²) in [5, 5.41) is 19.7. The van der Waals surface area contributed by atoms with Crippen LogP contribution in [0.3, 0.4) is 0 Å². The molecule has 2 atom stereocenters. The van der Waals surface area contributed by atoms with Gasteiger partial charge in [0, 0.05) is 19.1 Å². The van der Waals surface area contributed by atoms with Crippen LogP contribution in [0, 0.1) is 31.1 Å². The Balaban J connectivity index is 1.70. The maximum absolute atomic E-state index is 9.00. The molecule has 0 unspecified atom stereocenters. The summed E-state index contributed by atoms with van der Waals surface area (Å²) in [6.07, 6.45) is 0.781. The average Bonchev–Trinajstić information content (AvgIpc) is 3.16. The number of hydrogen-bond acceptors (Lipinski definition) is 6. The summed E-state index contributed by atoms with van der Waals surface area (Å²) < 4.78 is 5.76. The van der Waals surface area contributed by atoms with Gasteiger partial charge in [-0.3, -0.25) is 5.10 Å². The average molecular weight is 333 g/mol. The molecule has 0 radical (unpaired) electrons. The number of nitrogens with zero attached hydrogens (tertiary/aromatic N) is 4. The van der Waals surface area contributed by atoms with Gasteiger partial charge in [0.25, 0.3) is 0 Å². The Labute approximate surface area is 139 Å². The van der Waals surface area contributed by atoms with Gasteiger partial charge in [-0.2, -0.15) is 10.4 Å². The molecule has 1 aliphatic heterocycles. The third-order valence-electron chi connectivity index (χ3n) is 3.90. The van der Waals surface area contributed by atoms with Crippen LogP contribution in [-0.4, -0.2) is 33.3 Å². The van der Waals surface area contributed by atoms with Crippen molar-refractivity contribution in [2.24, 2.45) is 5.92 Å². The summed E-state index contributed by atoms with van der Waals surface area (Å²) in [6.45, 7) is 4.98. The van der Waals surface area contributed by atoms with Crippen molar-refractivity contribution in [2.75, 3.05) is 18.5 Å². The summed E-state index contributed by atoms with van der Waals surface area (Å²) in [5.41, 5.74) is 1.14. The first-order chi connectivity index (χ1) is 11.1. The Kier molecular flexibility index (Phi) is 4.46. The van der Waals surface area contributed by atoms with Crippen LogP contribution in [0.2, 0.25) is 5.02 Å². The first kappa shape index (κ1) is 15.7. The van der Waals surface area contributed by atoms with Gasteiger partial charge in [-0.25, -0.2) is 9.97 Å². The number of aromatic amines is 1. The highest BCUT2D eigenvalue weighted by Crippen LogP contribution is 2.33. The van der Waals surface area contributed by atoms with Crippen LogP contribution in [-0.2, 0) is 4.74 Å². The number of aromatic nitrogens is 4. The zero-order valence-corrected chi connectivity index (χ0v) is 13.7. The topological polar surface area (TPSA) is 99.5 Å². The predicted octanol–water partition coefficient (Wildman–Crippen LogP) is 2.53. The third-order valence-corrected chi connectivity index (χ3v) is 4.19. The van der Waals surface area contributed by atoms with E-state index in [2.05, 4.69) is 31.6 Å². The van der Waals surface area contributed by atoms with Gasteiger partial charge in [0.1, 0.15) is 23.8 Å². The summed E-state index contributed by atoms with van der Waals surface area (Å²) >= 11 is 6.19. The summed E-state index contributed by atoms with van der Waals surface area (Å²) in [4.78, 5) is 8.72. The second-order valence-electron chi connectivity index (χ2n) is 5.56. The molecule has 0 bridgehead atoms. The maximum Gasteiger partial charge on any atom is 0.179 e. The lowest BCUT2D eigenvalue weighted by molar-refractivity contribution is 0.0863. The second kappa shape index (κ2) is 6.52. The Morgan fingerprint density at radius 3 is 3.00 bits per heavy atom. The highest BCUT2D eigenvalue weighted by atomic mass is 35.5. The SMILES string of the molecule is Cc1nc([C@H]2OCC[C@H]2CNc2nc(C)c(C#N)cc2Cl)n[nH]1. The smallest absolute Gasteiger partial charge is 0.179 e. The summed E-state index contributed by atoms with van der Waals surface area (Å²) in [5.74, 6) is 2.27. The van der Waals surface area contributed by atoms with Crippen LogP contribution >= 0.6 is 11.6 Å². The van der Waals surface area contributed by atoms with Crippen LogP contribution in [0.15, 0.2) is 6.07 Å². The lowest BCUT2D eigenvalue weighted by atomic mass is 10.0. The first-order valence-corrected chi connectivity index (χ1v) is 7.78. The van der Waals surface area contributed by atoms with Gasteiger partial charge in [0.05, 0.1) is 16.3 Å². The van der Waals surface area contributed by atoms with Gasteiger partial charge in [-0.1, -0.05) is 11.6 Å². The monoisotopic (exact) mass is 332 g/mol. The van der Waals surface area contributed by atoms with E-state index in [0.717, 1.165) is 12.2 Å². The third kappa shape index (κ3) is 3.28. The highest BCUT2D eigenvalue weighted by Gasteiger charge is 2.32. The van der Waals surface area contributed by atoms with Gasteiger partial charge < -0.3 is 10.1 Å². The van der Waals surface area contributed by atoms with E-state index < -0.39 is 0 Å². The molecule has 3 heterocycles.